The third kappa shape index (κ3) is 4.50. The third-order valence-corrected chi connectivity index (χ3v) is 5.19. The molecular formula is C12H26N2O3S. The molecule has 108 valence electrons. The Bertz CT molecular complexity index is 341. The van der Waals surface area contributed by atoms with Crippen molar-refractivity contribution in [2.24, 2.45) is 0 Å². The van der Waals surface area contributed by atoms with Gasteiger partial charge in [-0.3, -0.25) is 0 Å². The zero-order valence-electron chi connectivity index (χ0n) is 11.7. The molecule has 1 heterocycles. The molecule has 1 fully saturated rings. The molecule has 0 bridgehead atoms. The second kappa shape index (κ2) is 6.32. The van der Waals surface area contributed by atoms with E-state index in [1.165, 1.54) is 4.31 Å². The Morgan fingerprint density at radius 2 is 1.67 bits per heavy atom. The van der Waals surface area contributed by atoms with Crippen molar-refractivity contribution in [2.45, 2.75) is 52.1 Å². The largest absolute Gasteiger partial charge is 0.389 e. The average molecular weight is 278 g/mol. The number of nitrogens with zero attached hydrogens (tertiary/aromatic N) is 2. The number of rotatable bonds is 5. The molecule has 0 aromatic rings. The van der Waals surface area contributed by atoms with Crippen LogP contribution in [-0.2, 0) is 10.2 Å². The summed E-state index contributed by atoms with van der Waals surface area (Å²) >= 11 is 0. The Balaban J connectivity index is 2.81. The summed E-state index contributed by atoms with van der Waals surface area (Å²) in [6.45, 7) is 6.81. The van der Waals surface area contributed by atoms with Crippen molar-refractivity contribution in [3.63, 3.8) is 0 Å². The molecule has 5 nitrogen and oxygen atoms in total. The summed E-state index contributed by atoms with van der Waals surface area (Å²) in [4.78, 5) is 0. The highest BCUT2D eigenvalue weighted by atomic mass is 32.2. The van der Waals surface area contributed by atoms with Crippen molar-refractivity contribution in [2.75, 3.05) is 26.2 Å². The molecule has 0 radical (unpaired) electrons. The van der Waals surface area contributed by atoms with Gasteiger partial charge < -0.3 is 5.11 Å². The van der Waals surface area contributed by atoms with Gasteiger partial charge in [0.15, 0.2) is 0 Å². The average Bonchev–Trinajstić information content (AvgIpc) is 2.53. The van der Waals surface area contributed by atoms with E-state index >= 15 is 0 Å². The van der Waals surface area contributed by atoms with Gasteiger partial charge in [-0.2, -0.15) is 17.0 Å². The Morgan fingerprint density at radius 3 is 2.06 bits per heavy atom. The van der Waals surface area contributed by atoms with Crippen LogP contribution in [0, 0.1) is 0 Å². The maximum absolute atomic E-state index is 12.5. The van der Waals surface area contributed by atoms with Gasteiger partial charge in [-0.1, -0.05) is 19.8 Å². The van der Waals surface area contributed by atoms with Crippen LogP contribution in [0.4, 0.5) is 0 Å². The van der Waals surface area contributed by atoms with Crippen molar-refractivity contribution in [1.29, 1.82) is 0 Å². The quantitative estimate of drug-likeness (QED) is 0.822. The second-order valence-electron chi connectivity index (χ2n) is 5.56. The van der Waals surface area contributed by atoms with Gasteiger partial charge in [-0.25, -0.2) is 0 Å². The molecule has 0 atom stereocenters. The Morgan fingerprint density at radius 1 is 1.17 bits per heavy atom. The van der Waals surface area contributed by atoms with E-state index in [-0.39, 0.29) is 6.54 Å². The fraction of sp³-hybridized carbons (Fsp3) is 1.00. The normalized spacial score (nSPS) is 20.1. The van der Waals surface area contributed by atoms with E-state index in [1.807, 2.05) is 0 Å². The summed E-state index contributed by atoms with van der Waals surface area (Å²) < 4.78 is 27.9. The minimum absolute atomic E-state index is 0.141. The van der Waals surface area contributed by atoms with Crippen LogP contribution in [0.1, 0.15) is 46.5 Å². The van der Waals surface area contributed by atoms with Gasteiger partial charge >= 0.3 is 0 Å². The minimum atomic E-state index is -3.42. The first-order chi connectivity index (χ1) is 8.27. The molecule has 0 aromatic heterocycles. The summed E-state index contributed by atoms with van der Waals surface area (Å²) in [5, 5.41) is 9.81. The molecule has 1 N–H and O–H groups in total. The van der Waals surface area contributed by atoms with Crippen LogP contribution in [0.15, 0.2) is 0 Å². The molecule has 0 saturated carbocycles. The molecule has 1 rings (SSSR count). The lowest BCUT2D eigenvalue weighted by Gasteiger charge is -2.32. The van der Waals surface area contributed by atoms with Crippen LogP contribution in [0.2, 0.25) is 0 Å². The first-order valence-corrected chi connectivity index (χ1v) is 8.14. The topological polar surface area (TPSA) is 60.9 Å². The maximum Gasteiger partial charge on any atom is 0.282 e. The summed E-state index contributed by atoms with van der Waals surface area (Å²) in [6.07, 6.45) is 4.06. The highest BCUT2D eigenvalue weighted by Gasteiger charge is 2.32. The van der Waals surface area contributed by atoms with E-state index < -0.39 is 15.8 Å². The molecule has 0 spiro atoms. The molecule has 1 aliphatic rings. The fourth-order valence-electron chi connectivity index (χ4n) is 2.22. The fourth-order valence-corrected chi connectivity index (χ4v) is 4.08. The zero-order valence-corrected chi connectivity index (χ0v) is 12.5. The van der Waals surface area contributed by atoms with Crippen molar-refractivity contribution in [3.05, 3.63) is 0 Å². The SMILES string of the molecule is CCN(CC(C)(C)O)S(=O)(=O)N1CCCCCC1. The van der Waals surface area contributed by atoms with Crippen LogP contribution in [0.3, 0.4) is 0 Å². The van der Waals surface area contributed by atoms with Crippen LogP contribution in [-0.4, -0.2) is 53.9 Å². The van der Waals surface area contributed by atoms with Crippen molar-refractivity contribution < 1.29 is 13.5 Å². The molecule has 0 aromatic carbocycles. The number of aliphatic hydroxyl groups is 1. The minimum Gasteiger partial charge on any atom is -0.389 e. The lowest BCUT2D eigenvalue weighted by Crippen LogP contribution is -2.49. The summed E-state index contributed by atoms with van der Waals surface area (Å²) in [5.41, 5.74) is -1.01. The molecule has 18 heavy (non-hydrogen) atoms. The van der Waals surface area contributed by atoms with Crippen LogP contribution >= 0.6 is 0 Å². The number of likely N-dealkylation sites (N-methyl/N-ethyl adjacent to an activating group) is 1. The Hall–Kier alpha value is -0.170. The predicted molar refractivity (Wildman–Crippen MR) is 72.5 cm³/mol. The Kier molecular flexibility index (Phi) is 5.58. The molecule has 1 saturated heterocycles. The summed E-state index contributed by atoms with van der Waals surface area (Å²) in [5.74, 6) is 0. The lowest BCUT2D eigenvalue weighted by molar-refractivity contribution is 0.0585. The standard InChI is InChI=1S/C12H26N2O3S/c1-4-13(11-12(2,3)15)18(16,17)14-9-7-5-6-8-10-14/h15H,4-11H2,1-3H3. The van der Waals surface area contributed by atoms with Gasteiger partial charge in [0.2, 0.25) is 0 Å². The molecule has 1 aliphatic heterocycles. The van der Waals surface area contributed by atoms with E-state index in [9.17, 15) is 13.5 Å². The van der Waals surface area contributed by atoms with Gasteiger partial charge in [0.1, 0.15) is 0 Å². The van der Waals surface area contributed by atoms with Gasteiger partial charge in [-0.05, 0) is 26.7 Å². The molecule has 6 heteroatoms. The first kappa shape index (κ1) is 15.9. The first-order valence-electron chi connectivity index (χ1n) is 6.75. The van der Waals surface area contributed by atoms with E-state index in [2.05, 4.69) is 0 Å². The second-order valence-corrected chi connectivity index (χ2v) is 7.49. The number of hydrogen-bond donors (Lipinski definition) is 1. The van der Waals surface area contributed by atoms with Crippen molar-refractivity contribution in [1.82, 2.24) is 8.61 Å². The molecule has 0 unspecified atom stereocenters. The maximum atomic E-state index is 12.5. The highest BCUT2D eigenvalue weighted by Crippen LogP contribution is 2.18. The molecule has 0 amide bonds. The van der Waals surface area contributed by atoms with Gasteiger partial charge in [0.25, 0.3) is 10.2 Å². The highest BCUT2D eigenvalue weighted by molar-refractivity contribution is 7.86. The van der Waals surface area contributed by atoms with E-state index in [4.69, 9.17) is 0 Å². The lowest BCUT2D eigenvalue weighted by atomic mass is 10.1. The number of hydrogen-bond acceptors (Lipinski definition) is 3. The monoisotopic (exact) mass is 278 g/mol. The summed E-state index contributed by atoms with van der Waals surface area (Å²) in [6, 6.07) is 0. The van der Waals surface area contributed by atoms with Crippen LogP contribution < -0.4 is 0 Å². The molecular weight excluding hydrogens is 252 g/mol. The van der Waals surface area contributed by atoms with E-state index in [0.29, 0.717) is 19.6 Å². The zero-order chi connectivity index (χ0) is 13.8. The van der Waals surface area contributed by atoms with Crippen LogP contribution in [0.5, 0.6) is 0 Å². The van der Waals surface area contributed by atoms with E-state index in [1.54, 1.807) is 25.1 Å². The third-order valence-electron chi connectivity index (χ3n) is 3.13. The van der Waals surface area contributed by atoms with E-state index in [0.717, 1.165) is 25.7 Å². The summed E-state index contributed by atoms with van der Waals surface area (Å²) in [7, 11) is -3.42. The van der Waals surface area contributed by atoms with Crippen LogP contribution in [0.25, 0.3) is 0 Å². The van der Waals surface area contributed by atoms with Crippen molar-refractivity contribution >= 4 is 10.2 Å². The molecule has 0 aliphatic carbocycles. The van der Waals surface area contributed by atoms with Gasteiger partial charge in [-0.15, -0.1) is 0 Å². The van der Waals surface area contributed by atoms with Crippen molar-refractivity contribution in [3.8, 4) is 0 Å². The smallest absolute Gasteiger partial charge is 0.282 e. The van der Waals surface area contributed by atoms with Gasteiger partial charge in [0, 0.05) is 26.2 Å². The Labute approximate surface area is 111 Å². The van der Waals surface area contributed by atoms with Gasteiger partial charge in [0.05, 0.1) is 5.60 Å². The predicted octanol–water partition coefficient (Wildman–Crippen LogP) is 1.20.